The average Bonchev–Trinajstić information content (AvgIpc) is 1.63. The molecular formula is C6H13NO2. The van der Waals surface area contributed by atoms with Gasteiger partial charge in [0, 0.05) is 6.54 Å². The molecule has 0 heterocycles. The second-order valence-electron chi connectivity index (χ2n) is 2.10. The SMILES string of the molecule is CN(C)C/C=C/C(O)O. The van der Waals surface area contributed by atoms with Crippen LogP contribution in [-0.4, -0.2) is 42.0 Å². The molecule has 0 saturated heterocycles. The highest BCUT2D eigenvalue weighted by Gasteiger charge is 1.86. The van der Waals surface area contributed by atoms with Crippen molar-refractivity contribution in [2.75, 3.05) is 20.6 Å². The molecule has 0 aliphatic carbocycles. The van der Waals surface area contributed by atoms with Gasteiger partial charge in [-0.15, -0.1) is 0 Å². The smallest absolute Gasteiger partial charge is 0.171 e. The fourth-order valence-corrected chi connectivity index (χ4v) is 0.393. The van der Waals surface area contributed by atoms with E-state index in [0.29, 0.717) is 0 Å². The van der Waals surface area contributed by atoms with Crippen molar-refractivity contribution in [2.45, 2.75) is 6.29 Å². The van der Waals surface area contributed by atoms with Gasteiger partial charge < -0.3 is 15.1 Å². The largest absolute Gasteiger partial charge is 0.365 e. The Bertz CT molecular complexity index is 89.1. The summed E-state index contributed by atoms with van der Waals surface area (Å²) in [6.07, 6.45) is 1.72. The highest BCUT2D eigenvalue weighted by atomic mass is 16.5. The molecule has 3 heteroatoms. The summed E-state index contributed by atoms with van der Waals surface area (Å²) >= 11 is 0. The standard InChI is InChI=1S/C6H13NO2/c1-7(2)5-3-4-6(8)9/h3-4,6,8-9H,5H2,1-2H3/b4-3+. The molecule has 0 aromatic rings. The second kappa shape index (κ2) is 4.49. The van der Waals surface area contributed by atoms with E-state index < -0.39 is 6.29 Å². The molecule has 0 saturated carbocycles. The minimum atomic E-state index is -1.31. The molecule has 0 amide bonds. The van der Waals surface area contributed by atoms with E-state index in [1.807, 2.05) is 19.0 Å². The molecule has 0 aromatic carbocycles. The molecule has 0 aromatic heterocycles. The predicted octanol–water partition coefficient (Wildman–Crippen LogP) is -0.585. The third-order valence-electron chi connectivity index (χ3n) is 0.779. The summed E-state index contributed by atoms with van der Waals surface area (Å²) in [6.45, 7) is 0.734. The lowest BCUT2D eigenvalue weighted by atomic mass is 10.4. The maximum Gasteiger partial charge on any atom is 0.171 e. The van der Waals surface area contributed by atoms with Gasteiger partial charge >= 0.3 is 0 Å². The summed E-state index contributed by atoms with van der Waals surface area (Å²) in [4.78, 5) is 1.93. The zero-order valence-electron chi connectivity index (χ0n) is 5.78. The van der Waals surface area contributed by atoms with Crippen molar-refractivity contribution in [2.24, 2.45) is 0 Å². The lowest BCUT2D eigenvalue weighted by Crippen LogP contribution is -2.11. The molecule has 0 aliphatic heterocycles. The molecule has 0 atom stereocenters. The van der Waals surface area contributed by atoms with Crippen molar-refractivity contribution < 1.29 is 10.2 Å². The van der Waals surface area contributed by atoms with Gasteiger partial charge in [-0.3, -0.25) is 0 Å². The van der Waals surface area contributed by atoms with Crippen molar-refractivity contribution in [3.63, 3.8) is 0 Å². The number of rotatable bonds is 3. The fourth-order valence-electron chi connectivity index (χ4n) is 0.393. The van der Waals surface area contributed by atoms with E-state index in [1.54, 1.807) is 6.08 Å². The molecule has 0 unspecified atom stereocenters. The quantitative estimate of drug-likeness (QED) is 0.397. The van der Waals surface area contributed by atoms with E-state index in [2.05, 4.69) is 0 Å². The molecule has 0 bridgehead atoms. The predicted molar refractivity (Wildman–Crippen MR) is 35.9 cm³/mol. The lowest BCUT2D eigenvalue weighted by Gasteiger charge is -2.03. The van der Waals surface area contributed by atoms with Crippen LogP contribution in [0.25, 0.3) is 0 Å². The van der Waals surface area contributed by atoms with Gasteiger partial charge in [0.05, 0.1) is 0 Å². The number of aliphatic hydroxyl groups excluding tert-OH is 1. The Labute approximate surface area is 55.2 Å². The Morgan fingerprint density at radius 3 is 2.33 bits per heavy atom. The van der Waals surface area contributed by atoms with E-state index in [9.17, 15) is 0 Å². The summed E-state index contributed by atoms with van der Waals surface area (Å²) in [5.74, 6) is 0. The average molecular weight is 131 g/mol. The summed E-state index contributed by atoms with van der Waals surface area (Å²) in [5, 5.41) is 16.6. The first-order valence-electron chi connectivity index (χ1n) is 2.80. The van der Waals surface area contributed by atoms with Crippen molar-refractivity contribution in [1.82, 2.24) is 4.90 Å². The monoisotopic (exact) mass is 131 g/mol. The molecule has 0 radical (unpaired) electrons. The summed E-state index contributed by atoms with van der Waals surface area (Å²) in [7, 11) is 3.82. The van der Waals surface area contributed by atoms with Gasteiger partial charge in [0.25, 0.3) is 0 Å². The molecule has 3 nitrogen and oxygen atoms in total. The van der Waals surface area contributed by atoms with E-state index >= 15 is 0 Å². The number of nitrogens with zero attached hydrogens (tertiary/aromatic N) is 1. The van der Waals surface area contributed by atoms with Gasteiger partial charge in [-0.2, -0.15) is 0 Å². The molecule has 0 fully saturated rings. The van der Waals surface area contributed by atoms with Crippen molar-refractivity contribution in [3.8, 4) is 0 Å². The van der Waals surface area contributed by atoms with Crippen molar-refractivity contribution in [1.29, 1.82) is 0 Å². The van der Waals surface area contributed by atoms with Gasteiger partial charge in [-0.05, 0) is 20.2 Å². The fraction of sp³-hybridized carbons (Fsp3) is 0.667. The Morgan fingerprint density at radius 1 is 1.44 bits per heavy atom. The number of hydrogen-bond acceptors (Lipinski definition) is 3. The van der Waals surface area contributed by atoms with Crippen LogP contribution >= 0.6 is 0 Å². The summed E-state index contributed by atoms with van der Waals surface area (Å²) < 4.78 is 0. The zero-order chi connectivity index (χ0) is 7.28. The molecule has 0 spiro atoms. The lowest BCUT2D eigenvalue weighted by molar-refractivity contribution is 0.00211. The van der Waals surface area contributed by atoms with Gasteiger partial charge in [0.15, 0.2) is 6.29 Å². The normalized spacial score (nSPS) is 12.2. The van der Waals surface area contributed by atoms with E-state index in [4.69, 9.17) is 10.2 Å². The first-order chi connectivity index (χ1) is 4.13. The van der Waals surface area contributed by atoms with Crippen LogP contribution < -0.4 is 0 Å². The molecule has 0 rings (SSSR count). The Kier molecular flexibility index (Phi) is 4.30. The van der Waals surface area contributed by atoms with Crippen LogP contribution in [0.2, 0.25) is 0 Å². The van der Waals surface area contributed by atoms with Gasteiger partial charge in [-0.1, -0.05) is 6.08 Å². The van der Waals surface area contributed by atoms with Gasteiger partial charge in [0.1, 0.15) is 0 Å². The van der Waals surface area contributed by atoms with E-state index in [0.717, 1.165) is 6.54 Å². The van der Waals surface area contributed by atoms with Crippen LogP contribution in [0, 0.1) is 0 Å². The third-order valence-corrected chi connectivity index (χ3v) is 0.779. The van der Waals surface area contributed by atoms with Crippen LogP contribution in [0.4, 0.5) is 0 Å². The minimum absolute atomic E-state index is 0.734. The van der Waals surface area contributed by atoms with Crippen LogP contribution in [-0.2, 0) is 0 Å². The zero-order valence-corrected chi connectivity index (χ0v) is 5.78. The Balaban J connectivity index is 3.25. The number of likely N-dealkylation sites (N-methyl/N-ethyl adjacent to an activating group) is 1. The highest BCUT2D eigenvalue weighted by Crippen LogP contribution is 1.80. The maximum atomic E-state index is 8.32. The third kappa shape index (κ3) is 7.62. The Morgan fingerprint density at radius 2 is 2.00 bits per heavy atom. The van der Waals surface area contributed by atoms with Crippen molar-refractivity contribution >= 4 is 0 Å². The second-order valence-corrected chi connectivity index (χ2v) is 2.10. The van der Waals surface area contributed by atoms with Crippen LogP contribution in [0.15, 0.2) is 12.2 Å². The van der Waals surface area contributed by atoms with Crippen LogP contribution in [0.5, 0.6) is 0 Å². The van der Waals surface area contributed by atoms with Crippen LogP contribution in [0.1, 0.15) is 0 Å². The number of aliphatic hydroxyl groups is 2. The number of hydrogen-bond donors (Lipinski definition) is 2. The highest BCUT2D eigenvalue weighted by molar-refractivity contribution is 4.85. The molecule has 54 valence electrons. The van der Waals surface area contributed by atoms with E-state index in [1.165, 1.54) is 6.08 Å². The first kappa shape index (κ1) is 8.62. The molecule has 0 aliphatic rings. The topological polar surface area (TPSA) is 43.7 Å². The van der Waals surface area contributed by atoms with Crippen LogP contribution in [0.3, 0.4) is 0 Å². The first-order valence-corrected chi connectivity index (χ1v) is 2.80. The molecule has 2 N–H and O–H groups in total. The van der Waals surface area contributed by atoms with E-state index in [-0.39, 0.29) is 0 Å². The van der Waals surface area contributed by atoms with Gasteiger partial charge in [0.2, 0.25) is 0 Å². The minimum Gasteiger partial charge on any atom is -0.365 e. The molecule has 9 heavy (non-hydrogen) atoms. The Hall–Kier alpha value is -0.380. The summed E-state index contributed by atoms with van der Waals surface area (Å²) in [6, 6.07) is 0. The van der Waals surface area contributed by atoms with Crippen molar-refractivity contribution in [3.05, 3.63) is 12.2 Å². The molecular weight excluding hydrogens is 118 g/mol. The maximum absolute atomic E-state index is 8.32. The van der Waals surface area contributed by atoms with Gasteiger partial charge in [-0.25, -0.2) is 0 Å². The summed E-state index contributed by atoms with van der Waals surface area (Å²) in [5.41, 5.74) is 0.